The van der Waals surface area contributed by atoms with Crippen LogP contribution in [0.4, 0.5) is 0 Å². The summed E-state index contributed by atoms with van der Waals surface area (Å²) in [5.74, 6) is 0.221. The summed E-state index contributed by atoms with van der Waals surface area (Å²) >= 11 is 0. The minimum atomic E-state index is -4.96. The van der Waals surface area contributed by atoms with Gasteiger partial charge in [0.2, 0.25) is 0 Å². The maximum Gasteiger partial charge on any atom is 0.472 e. The number of carbonyl (C=O) groups is 4. The van der Waals surface area contributed by atoms with Crippen LogP contribution in [0.15, 0.2) is 0 Å². The molecular weight excluding hydrogens is 1270 g/mol. The fraction of sp³-hybridized carbons (Fsp3) is 0.949. The molecule has 97 heavy (non-hydrogen) atoms. The molecule has 7 atom stereocenters. The van der Waals surface area contributed by atoms with Crippen molar-refractivity contribution in [2.75, 3.05) is 39.6 Å². The van der Waals surface area contributed by atoms with Crippen molar-refractivity contribution in [3.8, 4) is 0 Å². The molecule has 0 spiro atoms. The molecule has 0 saturated heterocycles. The molecule has 0 aromatic rings. The molecule has 19 heteroatoms. The van der Waals surface area contributed by atoms with E-state index in [0.717, 1.165) is 114 Å². The molecule has 0 amide bonds. The van der Waals surface area contributed by atoms with Gasteiger partial charge in [-0.25, -0.2) is 9.13 Å². The summed E-state index contributed by atoms with van der Waals surface area (Å²) in [5, 5.41) is 10.6. The Morgan fingerprint density at radius 1 is 0.299 bits per heavy atom. The molecular formula is C78H152O17P2. The minimum absolute atomic E-state index is 0.105. The van der Waals surface area contributed by atoms with Crippen molar-refractivity contribution in [3.63, 3.8) is 0 Å². The molecule has 0 heterocycles. The van der Waals surface area contributed by atoms with Crippen LogP contribution in [0.3, 0.4) is 0 Å². The second-order valence-electron chi connectivity index (χ2n) is 29.1. The first-order valence-electron chi connectivity index (χ1n) is 40.4. The van der Waals surface area contributed by atoms with Crippen LogP contribution in [0.1, 0.15) is 402 Å². The molecule has 0 aromatic carbocycles. The Hall–Kier alpha value is -1.94. The number of carbonyl (C=O) groups excluding carboxylic acids is 4. The monoisotopic (exact) mass is 1420 g/mol. The van der Waals surface area contributed by atoms with Gasteiger partial charge in [0.25, 0.3) is 0 Å². The van der Waals surface area contributed by atoms with Crippen molar-refractivity contribution in [2.45, 2.75) is 420 Å². The normalized spacial score (nSPS) is 14.6. The fourth-order valence-electron chi connectivity index (χ4n) is 11.9. The predicted molar refractivity (Wildman–Crippen MR) is 395 cm³/mol. The van der Waals surface area contributed by atoms with Gasteiger partial charge in [0, 0.05) is 25.7 Å². The zero-order chi connectivity index (χ0) is 71.6. The zero-order valence-electron chi connectivity index (χ0n) is 63.5. The van der Waals surface area contributed by atoms with E-state index in [4.69, 9.17) is 37.0 Å². The quantitative estimate of drug-likeness (QED) is 0.0222. The van der Waals surface area contributed by atoms with Crippen LogP contribution in [0, 0.1) is 17.8 Å². The van der Waals surface area contributed by atoms with Crippen LogP contribution in [-0.4, -0.2) is 96.7 Å². The highest BCUT2D eigenvalue weighted by molar-refractivity contribution is 7.47. The molecule has 0 bridgehead atoms. The number of esters is 4. The van der Waals surface area contributed by atoms with Gasteiger partial charge in [-0.05, 0) is 43.4 Å². The van der Waals surface area contributed by atoms with Gasteiger partial charge in [-0.2, -0.15) is 0 Å². The molecule has 0 aromatic heterocycles. The van der Waals surface area contributed by atoms with Crippen molar-refractivity contribution in [1.82, 2.24) is 0 Å². The van der Waals surface area contributed by atoms with Gasteiger partial charge in [0.1, 0.15) is 19.3 Å². The first-order chi connectivity index (χ1) is 46.8. The number of phosphoric acid groups is 2. The molecule has 576 valence electrons. The van der Waals surface area contributed by atoms with Gasteiger partial charge in [0.05, 0.1) is 26.4 Å². The second-order valence-corrected chi connectivity index (χ2v) is 32.0. The Bertz CT molecular complexity index is 1890. The van der Waals surface area contributed by atoms with E-state index in [2.05, 4.69) is 48.5 Å². The summed E-state index contributed by atoms with van der Waals surface area (Å²) < 4.78 is 68.6. The average Bonchev–Trinajstić information content (AvgIpc) is 1.47. The van der Waals surface area contributed by atoms with Crippen molar-refractivity contribution in [1.29, 1.82) is 0 Å². The lowest BCUT2D eigenvalue weighted by Gasteiger charge is -2.21. The van der Waals surface area contributed by atoms with Crippen LogP contribution in [0.5, 0.6) is 0 Å². The average molecular weight is 1420 g/mol. The highest BCUT2D eigenvalue weighted by atomic mass is 31.2. The number of ether oxygens (including phenoxy) is 4. The van der Waals surface area contributed by atoms with Crippen LogP contribution < -0.4 is 0 Å². The third kappa shape index (κ3) is 69.5. The van der Waals surface area contributed by atoms with Crippen molar-refractivity contribution >= 4 is 39.5 Å². The Morgan fingerprint density at radius 3 is 0.784 bits per heavy atom. The van der Waals surface area contributed by atoms with Gasteiger partial charge < -0.3 is 33.8 Å². The Morgan fingerprint density at radius 2 is 0.526 bits per heavy atom. The Kier molecular flexibility index (Phi) is 67.1. The lowest BCUT2D eigenvalue weighted by Crippen LogP contribution is -2.30. The number of phosphoric ester groups is 2. The van der Waals surface area contributed by atoms with Crippen molar-refractivity contribution in [2.24, 2.45) is 17.8 Å². The van der Waals surface area contributed by atoms with E-state index >= 15 is 0 Å². The van der Waals surface area contributed by atoms with Crippen LogP contribution in [-0.2, 0) is 65.4 Å². The van der Waals surface area contributed by atoms with Gasteiger partial charge in [0.15, 0.2) is 12.2 Å². The Balaban J connectivity index is 5.26. The van der Waals surface area contributed by atoms with Crippen LogP contribution >= 0.6 is 15.6 Å². The molecule has 0 aliphatic heterocycles. The first-order valence-corrected chi connectivity index (χ1v) is 43.4. The number of hydrogen-bond donors (Lipinski definition) is 3. The lowest BCUT2D eigenvalue weighted by atomic mass is 9.99. The summed E-state index contributed by atoms with van der Waals surface area (Å²) in [6.07, 6.45) is 55.4. The van der Waals surface area contributed by atoms with Crippen LogP contribution in [0.2, 0.25) is 0 Å². The fourth-order valence-corrected chi connectivity index (χ4v) is 13.5. The van der Waals surface area contributed by atoms with E-state index in [9.17, 15) is 43.2 Å². The topological polar surface area (TPSA) is 237 Å². The number of rotatable bonds is 76. The summed E-state index contributed by atoms with van der Waals surface area (Å²) in [6, 6.07) is 0. The molecule has 0 aliphatic rings. The van der Waals surface area contributed by atoms with Crippen molar-refractivity contribution in [3.05, 3.63) is 0 Å². The summed E-state index contributed by atoms with van der Waals surface area (Å²) in [5.41, 5.74) is 0. The number of aliphatic hydroxyl groups excluding tert-OH is 1. The maximum absolute atomic E-state index is 13.1. The smallest absolute Gasteiger partial charge is 0.462 e. The molecule has 4 unspecified atom stereocenters. The largest absolute Gasteiger partial charge is 0.472 e. The lowest BCUT2D eigenvalue weighted by molar-refractivity contribution is -0.161. The molecule has 0 saturated carbocycles. The number of unbranched alkanes of at least 4 members (excludes halogenated alkanes) is 42. The van der Waals surface area contributed by atoms with Crippen molar-refractivity contribution < 1.29 is 80.2 Å². The Labute approximate surface area is 594 Å². The van der Waals surface area contributed by atoms with Gasteiger partial charge in [-0.1, -0.05) is 350 Å². The van der Waals surface area contributed by atoms with E-state index in [1.165, 1.54) is 205 Å². The first kappa shape index (κ1) is 95.1. The molecule has 0 fully saturated rings. The third-order valence-electron chi connectivity index (χ3n) is 18.9. The summed E-state index contributed by atoms with van der Waals surface area (Å²) in [6.45, 7) is 11.9. The number of hydrogen-bond acceptors (Lipinski definition) is 15. The molecule has 3 N–H and O–H groups in total. The highest BCUT2D eigenvalue weighted by Gasteiger charge is 2.30. The van der Waals surface area contributed by atoms with E-state index in [1.54, 1.807) is 0 Å². The van der Waals surface area contributed by atoms with Gasteiger partial charge >= 0.3 is 39.5 Å². The van der Waals surface area contributed by atoms with E-state index in [-0.39, 0.29) is 25.7 Å². The van der Waals surface area contributed by atoms with E-state index < -0.39 is 97.5 Å². The zero-order valence-corrected chi connectivity index (χ0v) is 65.3. The second kappa shape index (κ2) is 68.5. The number of aliphatic hydroxyl groups is 1. The van der Waals surface area contributed by atoms with E-state index in [0.29, 0.717) is 25.7 Å². The standard InChI is InChI=1S/C78H152O17P2/c1-8-11-12-13-14-15-16-17-19-23-26-32-37-45-52-59-75(80)88-65-73(94-77(82)61-54-47-38-33-27-24-21-18-20-22-25-30-35-42-49-56-69(4)5)67-92-96(84,85)90-63-72(79)64-91-97(86,87)93-68-74(66-89-76(81)60-53-46-41-40-44-51-58-71(7)10-3)95-78(83)62-55-48-39-34-29-28-31-36-43-50-57-70(6)9-2/h69-74,79H,8-68H2,1-7H3,(H,84,85)(H,86,87)/t70?,71?,72-,73-,74-/m1/s1. The molecule has 0 rings (SSSR count). The van der Waals surface area contributed by atoms with E-state index in [1.807, 2.05) is 0 Å². The minimum Gasteiger partial charge on any atom is -0.462 e. The third-order valence-corrected chi connectivity index (χ3v) is 20.8. The SMILES string of the molecule is CCCCCCCCCCCCCCCCCC(=O)OC[C@H](COP(=O)(O)OC[C@@H](O)COP(=O)(O)OC[C@@H](COC(=O)CCCCCCCCC(C)CC)OC(=O)CCCCCCCCCCCCC(C)CC)OC(=O)CCCCCCCCCCCCCCCCCC(C)C. The summed E-state index contributed by atoms with van der Waals surface area (Å²) in [4.78, 5) is 72.9. The molecule has 17 nitrogen and oxygen atoms in total. The predicted octanol–water partition coefficient (Wildman–Crippen LogP) is 23.0. The summed E-state index contributed by atoms with van der Waals surface area (Å²) in [7, 11) is -9.92. The maximum atomic E-state index is 13.1. The molecule has 0 aliphatic carbocycles. The molecule has 0 radical (unpaired) electrons. The van der Waals surface area contributed by atoms with Crippen LogP contribution in [0.25, 0.3) is 0 Å². The van der Waals surface area contributed by atoms with Gasteiger partial charge in [-0.3, -0.25) is 37.3 Å². The highest BCUT2D eigenvalue weighted by Crippen LogP contribution is 2.45. The van der Waals surface area contributed by atoms with Gasteiger partial charge in [-0.15, -0.1) is 0 Å².